The highest BCUT2D eigenvalue weighted by atomic mass is 35.5. The first kappa shape index (κ1) is 19.4. The van der Waals surface area contributed by atoms with Crippen LogP contribution in [0.25, 0.3) is 11.3 Å². The van der Waals surface area contributed by atoms with E-state index in [0.717, 1.165) is 0 Å². The highest BCUT2D eigenvalue weighted by molar-refractivity contribution is 7.89. The molecule has 0 saturated heterocycles. The Kier molecular flexibility index (Phi) is 5.87. The van der Waals surface area contributed by atoms with Gasteiger partial charge in [0, 0.05) is 10.6 Å². The van der Waals surface area contributed by atoms with Gasteiger partial charge in [0.05, 0.1) is 11.8 Å². The maximum absolute atomic E-state index is 12.1. The van der Waals surface area contributed by atoms with Crippen LogP contribution in [0.1, 0.15) is 42.9 Å². The largest absolute Gasteiger partial charge is 0.477 e. The lowest BCUT2D eigenvalue weighted by Crippen LogP contribution is -2.31. The number of sulfonamides is 1. The summed E-state index contributed by atoms with van der Waals surface area (Å²) in [6.07, 6.45) is 0. The van der Waals surface area contributed by atoms with Gasteiger partial charge in [-0.3, -0.25) is 0 Å². The summed E-state index contributed by atoms with van der Waals surface area (Å²) in [6, 6.07) is 5.56. The first-order valence-corrected chi connectivity index (χ1v) is 9.62. The number of hydrogen-bond acceptors (Lipinski definition) is 5. The van der Waals surface area contributed by atoms with Gasteiger partial charge < -0.3 is 9.63 Å². The molecule has 0 fully saturated rings. The van der Waals surface area contributed by atoms with E-state index in [1.54, 1.807) is 38.1 Å². The van der Waals surface area contributed by atoms with Crippen LogP contribution in [-0.2, 0) is 10.0 Å². The van der Waals surface area contributed by atoms with E-state index >= 15 is 0 Å². The van der Waals surface area contributed by atoms with Crippen LogP contribution in [0.4, 0.5) is 0 Å². The van der Waals surface area contributed by atoms with Gasteiger partial charge in [-0.15, -0.1) is 0 Å². The summed E-state index contributed by atoms with van der Waals surface area (Å²) in [7, 11) is -3.58. The molecule has 0 aliphatic heterocycles. The van der Waals surface area contributed by atoms with E-state index in [2.05, 4.69) is 9.88 Å². The Morgan fingerprint density at radius 2 is 1.88 bits per heavy atom. The summed E-state index contributed by atoms with van der Waals surface area (Å²) in [5.41, 5.74) is 0.449. The van der Waals surface area contributed by atoms with Gasteiger partial charge in [-0.1, -0.05) is 42.7 Å². The molecular weight excluding hydrogens is 368 g/mol. The SMILES string of the molecule is CC(C)CS(=O)(=O)NC(C)c1onc(-c2ccc(Cl)cc2)c1C(=O)O. The average molecular weight is 387 g/mol. The first-order chi connectivity index (χ1) is 11.6. The number of carboxylic acid groups (broad SMARTS) is 1. The Morgan fingerprint density at radius 1 is 1.28 bits per heavy atom. The molecule has 0 aliphatic carbocycles. The zero-order chi connectivity index (χ0) is 18.8. The molecule has 1 heterocycles. The van der Waals surface area contributed by atoms with Gasteiger partial charge in [-0.25, -0.2) is 17.9 Å². The summed E-state index contributed by atoms with van der Waals surface area (Å²) in [5.74, 6) is -1.44. The lowest BCUT2D eigenvalue weighted by Gasteiger charge is -2.13. The topological polar surface area (TPSA) is 110 Å². The number of nitrogens with zero attached hydrogens (tertiary/aromatic N) is 1. The second-order valence-electron chi connectivity index (χ2n) is 6.10. The fourth-order valence-corrected chi connectivity index (χ4v) is 4.17. The highest BCUT2D eigenvalue weighted by Gasteiger charge is 2.29. The molecule has 2 N–H and O–H groups in total. The van der Waals surface area contributed by atoms with Gasteiger partial charge in [0.15, 0.2) is 5.76 Å². The number of hydrogen-bond donors (Lipinski definition) is 2. The van der Waals surface area contributed by atoms with Gasteiger partial charge in [0.25, 0.3) is 0 Å². The van der Waals surface area contributed by atoms with Crippen LogP contribution in [0.15, 0.2) is 28.8 Å². The van der Waals surface area contributed by atoms with E-state index in [-0.39, 0.29) is 28.7 Å². The van der Waals surface area contributed by atoms with E-state index in [9.17, 15) is 18.3 Å². The van der Waals surface area contributed by atoms with Crippen LogP contribution in [0.3, 0.4) is 0 Å². The number of aromatic nitrogens is 1. The summed E-state index contributed by atoms with van der Waals surface area (Å²) in [5, 5.41) is 13.9. The predicted octanol–water partition coefficient (Wildman–Crippen LogP) is 3.33. The molecule has 0 spiro atoms. The minimum Gasteiger partial charge on any atom is -0.477 e. The molecule has 1 atom stereocenters. The normalized spacial score (nSPS) is 13.2. The Balaban J connectivity index is 2.39. The molecular formula is C16H19ClN2O5S. The summed E-state index contributed by atoms with van der Waals surface area (Å²) in [4.78, 5) is 11.7. The highest BCUT2D eigenvalue weighted by Crippen LogP contribution is 2.30. The van der Waals surface area contributed by atoms with Crippen molar-refractivity contribution in [2.75, 3.05) is 5.75 Å². The molecule has 1 aromatic heterocycles. The molecule has 9 heteroatoms. The molecule has 0 amide bonds. The molecule has 0 saturated carbocycles. The number of carboxylic acids is 1. The number of nitrogens with one attached hydrogen (secondary N) is 1. The van der Waals surface area contributed by atoms with Crippen molar-refractivity contribution < 1.29 is 22.8 Å². The molecule has 2 rings (SSSR count). The molecule has 0 bridgehead atoms. The fraction of sp³-hybridized carbons (Fsp3) is 0.375. The molecule has 1 unspecified atom stereocenters. The van der Waals surface area contributed by atoms with E-state index in [0.29, 0.717) is 10.6 Å². The average Bonchev–Trinajstić information content (AvgIpc) is 2.91. The predicted molar refractivity (Wildman–Crippen MR) is 94.1 cm³/mol. The Bertz CT molecular complexity index is 859. The van der Waals surface area contributed by atoms with E-state index < -0.39 is 22.0 Å². The van der Waals surface area contributed by atoms with Crippen molar-refractivity contribution >= 4 is 27.6 Å². The van der Waals surface area contributed by atoms with Crippen molar-refractivity contribution in [1.29, 1.82) is 0 Å². The molecule has 0 aliphatic rings. The van der Waals surface area contributed by atoms with Gasteiger partial charge in [0.2, 0.25) is 10.0 Å². The smallest absolute Gasteiger partial charge is 0.341 e. The van der Waals surface area contributed by atoms with Crippen LogP contribution in [0.2, 0.25) is 5.02 Å². The first-order valence-electron chi connectivity index (χ1n) is 7.59. The number of carbonyl (C=O) groups is 1. The summed E-state index contributed by atoms with van der Waals surface area (Å²) >= 11 is 5.83. The quantitative estimate of drug-likeness (QED) is 0.755. The Labute approximate surface area is 151 Å². The fourth-order valence-electron chi connectivity index (χ4n) is 2.42. The Hall–Kier alpha value is -1.90. The minimum absolute atomic E-state index is 0.0511. The zero-order valence-electron chi connectivity index (χ0n) is 14.0. The molecule has 136 valence electrons. The van der Waals surface area contributed by atoms with Gasteiger partial charge >= 0.3 is 5.97 Å². The molecule has 2 aromatic rings. The maximum atomic E-state index is 12.1. The third kappa shape index (κ3) is 4.81. The van der Waals surface area contributed by atoms with Crippen molar-refractivity contribution in [3.8, 4) is 11.3 Å². The lowest BCUT2D eigenvalue weighted by molar-refractivity contribution is 0.0694. The molecule has 7 nitrogen and oxygen atoms in total. The molecule has 25 heavy (non-hydrogen) atoms. The number of halogens is 1. The number of benzene rings is 1. The minimum atomic E-state index is -3.58. The maximum Gasteiger partial charge on any atom is 0.341 e. The number of rotatable bonds is 7. The summed E-state index contributed by atoms with van der Waals surface area (Å²) < 4.78 is 31.8. The van der Waals surface area contributed by atoms with E-state index in [1.807, 2.05) is 0 Å². The monoisotopic (exact) mass is 386 g/mol. The van der Waals surface area contributed by atoms with Crippen LogP contribution >= 0.6 is 11.6 Å². The lowest BCUT2D eigenvalue weighted by atomic mass is 10.0. The second kappa shape index (κ2) is 7.55. The van der Waals surface area contributed by atoms with Crippen LogP contribution in [0.5, 0.6) is 0 Å². The van der Waals surface area contributed by atoms with Crippen LogP contribution in [-0.4, -0.2) is 30.4 Å². The van der Waals surface area contributed by atoms with E-state index in [1.165, 1.54) is 6.92 Å². The number of aromatic carboxylic acids is 1. The zero-order valence-corrected chi connectivity index (χ0v) is 15.6. The molecule has 1 aromatic carbocycles. The standard InChI is InChI=1S/C16H19ClN2O5S/c1-9(2)8-25(22,23)19-10(3)15-13(16(20)21)14(18-24-15)11-4-6-12(17)7-5-11/h4-7,9-10,19H,8H2,1-3H3,(H,20,21). The second-order valence-corrected chi connectivity index (χ2v) is 8.33. The van der Waals surface area contributed by atoms with Gasteiger partial charge in [0.1, 0.15) is 11.3 Å². The van der Waals surface area contributed by atoms with Crippen LogP contribution < -0.4 is 4.72 Å². The van der Waals surface area contributed by atoms with Crippen molar-refractivity contribution in [1.82, 2.24) is 9.88 Å². The Morgan fingerprint density at radius 3 is 2.40 bits per heavy atom. The van der Waals surface area contributed by atoms with Crippen molar-refractivity contribution in [3.63, 3.8) is 0 Å². The van der Waals surface area contributed by atoms with Crippen molar-refractivity contribution in [2.24, 2.45) is 5.92 Å². The van der Waals surface area contributed by atoms with Crippen molar-refractivity contribution in [3.05, 3.63) is 40.6 Å². The third-order valence-corrected chi connectivity index (χ3v) is 5.42. The van der Waals surface area contributed by atoms with Crippen molar-refractivity contribution in [2.45, 2.75) is 26.8 Å². The summed E-state index contributed by atoms with van der Waals surface area (Å²) in [6.45, 7) is 5.07. The van der Waals surface area contributed by atoms with Gasteiger partial charge in [-0.05, 0) is 25.0 Å². The third-order valence-electron chi connectivity index (χ3n) is 3.35. The van der Waals surface area contributed by atoms with Gasteiger partial charge in [-0.2, -0.15) is 0 Å². The molecule has 0 radical (unpaired) electrons. The van der Waals surface area contributed by atoms with E-state index in [4.69, 9.17) is 16.1 Å². The van der Waals surface area contributed by atoms with Crippen LogP contribution in [0, 0.1) is 5.92 Å².